The Hall–Kier alpha value is -0.300. The maximum absolute atomic E-state index is 11.9. The molecule has 0 aromatic carbocycles. The number of halogens is 4. The second kappa shape index (κ2) is 6.32. The molecule has 2 unspecified atom stereocenters. The number of rotatable bonds is 5. The van der Waals surface area contributed by atoms with Crippen molar-refractivity contribution in [1.82, 2.24) is 5.32 Å². The van der Waals surface area contributed by atoms with Crippen molar-refractivity contribution in [3.8, 4) is 0 Å². The smallest absolute Gasteiger partial charge is 0.390 e. The Labute approximate surface area is 94.5 Å². The summed E-state index contributed by atoms with van der Waals surface area (Å²) < 4.78 is 40.1. The van der Waals surface area contributed by atoms with Crippen molar-refractivity contribution >= 4 is 21.9 Å². The Morgan fingerprint density at radius 1 is 1.53 bits per heavy atom. The number of ether oxygens (including phenoxy) is 1. The van der Waals surface area contributed by atoms with E-state index in [1.165, 1.54) is 14.0 Å². The molecule has 0 rings (SSSR count). The van der Waals surface area contributed by atoms with Crippen LogP contribution in [0.15, 0.2) is 0 Å². The monoisotopic (exact) mass is 291 g/mol. The Morgan fingerprint density at radius 2 is 2.07 bits per heavy atom. The molecule has 0 aliphatic carbocycles. The summed E-state index contributed by atoms with van der Waals surface area (Å²) in [5.74, 6) is -0.512. The third-order valence-electron chi connectivity index (χ3n) is 1.64. The zero-order valence-electron chi connectivity index (χ0n) is 8.40. The Kier molecular flexibility index (Phi) is 6.19. The van der Waals surface area contributed by atoms with Crippen LogP contribution in [-0.4, -0.2) is 36.7 Å². The maximum Gasteiger partial charge on any atom is 0.390 e. The molecule has 0 amide bonds. The SMILES string of the molecule is COC(=O)C(Br)CNC(C)CC(F)(F)F. The van der Waals surface area contributed by atoms with Crippen LogP contribution in [0.25, 0.3) is 0 Å². The summed E-state index contributed by atoms with van der Waals surface area (Å²) in [4.78, 5) is 10.3. The van der Waals surface area contributed by atoms with Crippen molar-refractivity contribution in [2.45, 2.75) is 30.4 Å². The molecule has 0 radical (unpaired) electrons. The molecule has 0 aliphatic rings. The largest absolute Gasteiger partial charge is 0.468 e. The number of carbonyl (C=O) groups is 1. The van der Waals surface area contributed by atoms with E-state index in [1.54, 1.807) is 0 Å². The summed E-state index contributed by atoms with van der Waals surface area (Å²) in [7, 11) is 1.22. The van der Waals surface area contributed by atoms with E-state index in [9.17, 15) is 18.0 Å². The second-order valence-electron chi connectivity index (χ2n) is 3.12. The summed E-state index contributed by atoms with van der Waals surface area (Å²) in [5, 5.41) is 2.59. The lowest BCUT2D eigenvalue weighted by Gasteiger charge is -2.17. The molecule has 0 aromatic rings. The van der Waals surface area contributed by atoms with Gasteiger partial charge in [0.05, 0.1) is 13.5 Å². The van der Waals surface area contributed by atoms with E-state index in [2.05, 4.69) is 26.0 Å². The van der Waals surface area contributed by atoms with Gasteiger partial charge in [0.15, 0.2) is 0 Å². The Balaban J connectivity index is 3.81. The maximum atomic E-state index is 11.9. The normalized spacial score (nSPS) is 15.9. The predicted molar refractivity (Wildman–Crippen MR) is 52.9 cm³/mol. The van der Waals surface area contributed by atoms with Gasteiger partial charge in [-0.15, -0.1) is 0 Å². The molecule has 1 N–H and O–H groups in total. The number of alkyl halides is 4. The third kappa shape index (κ3) is 7.61. The van der Waals surface area contributed by atoms with Crippen LogP contribution in [-0.2, 0) is 9.53 Å². The van der Waals surface area contributed by atoms with E-state index in [0.29, 0.717) is 0 Å². The molecule has 3 nitrogen and oxygen atoms in total. The Bertz CT molecular complexity index is 211. The zero-order chi connectivity index (χ0) is 12.1. The first kappa shape index (κ1) is 14.7. The fourth-order valence-electron chi connectivity index (χ4n) is 0.935. The van der Waals surface area contributed by atoms with Crippen LogP contribution in [0.3, 0.4) is 0 Å². The highest BCUT2D eigenvalue weighted by atomic mass is 79.9. The molecule has 0 saturated carbocycles. The third-order valence-corrected chi connectivity index (χ3v) is 2.34. The molecule has 0 spiro atoms. The topological polar surface area (TPSA) is 38.3 Å². The van der Waals surface area contributed by atoms with Crippen LogP contribution in [0.2, 0.25) is 0 Å². The summed E-state index contributed by atoms with van der Waals surface area (Å²) in [6.07, 6.45) is -5.12. The van der Waals surface area contributed by atoms with Gasteiger partial charge in [-0.1, -0.05) is 15.9 Å². The van der Waals surface area contributed by atoms with Gasteiger partial charge in [0.2, 0.25) is 0 Å². The van der Waals surface area contributed by atoms with Crippen molar-refractivity contribution < 1.29 is 22.7 Å². The lowest BCUT2D eigenvalue weighted by molar-refractivity contribution is -0.140. The molecule has 0 bridgehead atoms. The highest BCUT2D eigenvalue weighted by Gasteiger charge is 2.30. The van der Waals surface area contributed by atoms with E-state index in [4.69, 9.17) is 0 Å². The van der Waals surface area contributed by atoms with Crippen molar-refractivity contribution in [3.05, 3.63) is 0 Å². The van der Waals surface area contributed by atoms with Crippen LogP contribution in [0, 0.1) is 0 Å². The molecule has 7 heteroatoms. The quantitative estimate of drug-likeness (QED) is 0.621. The molecular weight excluding hydrogens is 279 g/mol. The first-order valence-corrected chi connectivity index (χ1v) is 5.20. The van der Waals surface area contributed by atoms with Gasteiger partial charge in [0.1, 0.15) is 4.83 Å². The van der Waals surface area contributed by atoms with E-state index in [-0.39, 0.29) is 6.54 Å². The lowest BCUT2D eigenvalue weighted by atomic mass is 10.2. The molecule has 0 aliphatic heterocycles. The molecule has 0 aromatic heterocycles. The first-order valence-electron chi connectivity index (χ1n) is 4.28. The minimum absolute atomic E-state index is 0.101. The van der Waals surface area contributed by atoms with E-state index >= 15 is 0 Å². The van der Waals surface area contributed by atoms with Gasteiger partial charge in [-0.3, -0.25) is 4.79 Å². The van der Waals surface area contributed by atoms with Crippen molar-refractivity contribution in [2.75, 3.05) is 13.7 Å². The molecule has 2 atom stereocenters. The van der Waals surface area contributed by atoms with Gasteiger partial charge in [0, 0.05) is 12.6 Å². The summed E-state index contributed by atoms with van der Waals surface area (Å²) >= 11 is 2.99. The molecule has 90 valence electrons. The van der Waals surface area contributed by atoms with Gasteiger partial charge in [0.25, 0.3) is 0 Å². The molecule has 0 fully saturated rings. The van der Waals surface area contributed by atoms with Gasteiger partial charge in [-0.25, -0.2) is 0 Å². The van der Waals surface area contributed by atoms with Gasteiger partial charge < -0.3 is 10.1 Å². The van der Waals surface area contributed by atoms with Crippen LogP contribution in [0.1, 0.15) is 13.3 Å². The van der Waals surface area contributed by atoms with E-state index < -0.39 is 29.4 Å². The van der Waals surface area contributed by atoms with Gasteiger partial charge >= 0.3 is 12.1 Å². The second-order valence-corrected chi connectivity index (χ2v) is 4.22. The number of carbonyl (C=O) groups excluding carboxylic acids is 1. The number of methoxy groups -OCH3 is 1. The molecular formula is C8H13BrF3NO2. The van der Waals surface area contributed by atoms with Gasteiger partial charge in [-0.05, 0) is 6.92 Å². The van der Waals surface area contributed by atoms with Crippen molar-refractivity contribution in [3.63, 3.8) is 0 Å². The number of hydrogen-bond acceptors (Lipinski definition) is 3. The first-order chi connectivity index (χ1) is 6.76. The summed E-state index contributed by atoms with van der Waals surface area (Å²) in [6.45, 7) is 1.51. The minimum atomic E-state index is -4.19. The standard InChI is InChI=1S/C8H13BrF3NO2/c1-5(3-8(10,11)12)13-4-6(9)7(14)15-2/h5-6,13H,3-4H2,1-2H3. The Morgan fingerprint density at radius 3 is 2.47 bits per heavy atom. The summed E-state index contributed by atoms with van der Waals surface area (Å²) in [5.41, 5.74) is 0. The average molecular weight is 292 g/mol. The van der Waals surface area contributed by atoms with Crippen molar-refractivity contribution in [1.29, 1.82) is 0 Å². The van der Waals surface area contributed by atoms with E-state index in [1.807, 2.05) is 0 Å². The summed E-state index contributed by atoms with van der Waals surface area (Å²) in [6, 6.07) is -0.727. The molecule has 0 saturated heterocycles. The predicted octanol–water partition coefficient (Wildman–Crippen LogP) is 1.85. The number of hydrogen-bond donors (Lipinski definition) is 1. The highest BCUT2D eigenvalue weighted by Crippen LogP contribution is 2.21. The molecule has 0 heterocycles. The van der Waals surface area contributed by atoms with Crippen LogP contribution < -0.4 is 5.32 Å². The van der Waals surface area contributed by atoms with Gasteiger partial charge in [-0.2, -0.15) is 13.2 Å². The van der Waals surface area contributed by atoms with Crippen molar-refractivity contribution in [2.24, 2.45) is 0 Å². The molecule has 15 heavy (non-hydrogen) atoms. The van der Waals surface area contributed by atoms with E-state index in [0.717, 1.165) is 0 Å². The van der Waals surface area contributed by atoms with Crippen LogP contribution in [0.4, 0.5) is 13.2 Å². The average Bonchev–Trinajstić information content (AvgIpc) is 2.10. The van der Waals surface area contributed by atoms with Crippen LogP contribution >= 0.6 is 15.9 Å². The number of esters is 1. The fourth-order valence-corrected chi connectivity index (χ4v) is 1.31. The lowest BCUT2D eigenvalue weighted by Crippen LogP contribution is -2.37. The fraction of sp³-hybridized carbons (Fsp3) is 0.875. The zero-order valence-corrected chi connectivity index (χ0v) is 9.98. The minimum Gasteiger partial charge on any atom is -0.468 e. The highest BCUT2D eigenvalue weighted by molar-refractivity contribution is 9.10. The number of nitrogens with one attached hydrogen (secondary N) is 1. The van der Waals surface area contributed by atoms with Crippen LogP contribution in [0.5, 0.6) is 0 Å².